The van der Waals surface area contributed by atoms with Crippen LogP contribution in [0.5, 0.6) is 0 Å². The third-order valence-corrected chi connectivity index (χ3v) is 7.51. The van der Waals surface area contributed by atoms with Gasteiger partial charge in [0.15, 0.2) is 0 Å². The van der Waals surface area contributed by atoms with Gasteiger partial charge in [0.1, 0.15) is 0 Å². The van der Waals surface area contributed by atoms with Gasteiger partial charge in [-0.3, -0.25) is 9.38 Å². The van der Waals surface area contributed by atoms with Crippen LogP contribution in [0.3, 0.4) is 0 Å². The molecule has 2 bridgehead atoms. The quantitative estimate of drug-likeness (QED) is 0.419. The Bertz CT molecular complexity index is 1030. The third-order valence-electron chi connectivity index (χ3n) is 7.51. The molecule has 3 aliphatic rings. The van der Waals surface area contributed by atoms with Crippen LogP contribution in [0.25, 0.3) is 0 Å². The fraction of sp³-hybridized carbons (Fsp3) is 0.345. The van der Waals surface area contributed by atoms with Crippen LogP contribution in [0.4, 0.5) is 10.5 Å². The highest BCUT2D eigenvalue weighted by Gasteiger charge is 2.49. The van der Waals surface area contributed by atoms with E-state index in [2.05, 4.69) is 42.5 Å². The van der Waals surface area contributed by atoms with Gasteiger partial charge in [-0.2, -0.15) is 0 Å². The number of rotatable bonds is 7. The molecule has 170 valence electrons. The molecule has 0 radical (unpaired) electrons. The second kappa shape index (κ2) is 9.80. The molecule has 0 aromatic heterocycles. The zero-order chi connectivity index (χ0) is 22.5. The maximum Gasteiger partial charge on any atom is 0.419 e. The van der Waals surface area contributed by atoms with E-state index in [0.717, 1.165) is 48.2 Å². The van der Waals surface area contributed by atoms with Crippen LogP contribution in [-0.4, -0.2) is 36.4 Å². The minimum atomic E-state index is -0.236. The van der Waals surface area contributed by atoms with E-state index in [4.69, 9.17) is 4.74 Å². The number of quaternary nitrogens is 1. The van der Waals surface area contributed by atoms with Gasteiger partial charge in [-0.05, 0) is 29.2 Å². The molecule has 4 nitrogen and oxygen atoms in total. The molecule has 0 spiro atoms. The first kappa shape index (κ1) is 21.7. The molecule has 0 aliphatic carbocycles. The summed E-state index contributed by atoms with van der Waals surface area (Å²) < 4.78 is 7.27. The summed E-state index contributed by atoms with van der Waals surface area (Å²) in [7, 11) is 0. The second-order valence-corrected chi connectivity index (χ2v) is 9.55. The average molecular weight is 442 g/mol. The van der Waals surface area contributed by atoms with E-state index < -0.39 is 0 Å². The van der Waals surface area contributed by atoms with Gasteiger partial charge in [-0.1, -0.05) is 78.9 Å². The number of hydrogen-bond acceptors (Lipinski definition) is 2. The smallest absolute Gasteiger partial charge is 0.396 e. The van der Waals surface area contributed by atoms with Gasteiger partial charge in [-0.25, -0.2) is 4.79 Å². The molecule has 0 saturated carbocycles. The van der Waals surface area contributed by atoms with E-state index in [1.165, 1.54) is 18.4 Å². The topological polar surface area (TPSA) is 29.5 Å². The zero-order valence-corrected chi connectivity index (χ0v) is 19.2. The predicted molar refractivity (Wildman–Crippen MR) is 132 cm³/mol. The summed E-state index contributed by atoms with van der Waals surface area (Å²) in [4.78, 5) is 15.4. The first-order valence-electron chi connectivity index (χ1n) is 12.2. The summed E-state index contributed by atoms with van der Waals surface area (Å²) in [6.45, 7) is 3.75. The van der Waals surface area contributed by atoms with Crippen molar-refractivity contribution in [3.8, 4) is 0 Å². The van der Waals surface area contributed by atoms with Crippen LogP contribution in [0.15, 0.2) is 91.0 Å². The summed E-state index contributed by atoms with van der Waals surface area (Å²) in [5.41, 5.74) is 3.33. The number of piperidine rings is 3. The molecule has 3 saturated heterocycles. The van der Waals surface area contributed by atoms with Crippen LogP contribution in [0, 0.1) is 5.92 Å². The number of carbonyl (C=O) groups excluding carboxylic acids is 1. The molecule has 1 unspecified atom stereocenters. The van der Waals surface area contributed by atoms with Crippen molar-refractivity contribution < 1.29 is 14.0 Å². The summed E-state index contributed by atoms with van der Waals surface area (Å²) in [5, 5.41) is 0. The number of anilines is 1. The van der Waals surface area contributed by atoms with Gasteiger partial charge in [0.05, 0.1) is 26.2 Å². The number of para-hydroxylation sites is 1. The first-order valence-corrected chi connectivity index (χ1v) is 12.2. The molecule has 6 rings (SSSR count). The average Bonchev–Trinajstić information content (AvgIpc) is 2.89. The molecule has 1 amide bonds. The van der Waals surface area contributed by atoms with E-state index in [1.807, 2.05) is 48.5 Å². The number of amides is 1. The van der Waals surface area contributed by atoms with Gasteiger partial charge in [-0.15, -0.1) is 0 Å². The van der Waals surface area contributed by atoms with Crippen LogP contribution >= 0.6 is 0 Å². The Morgan fingerprint density at radius 3 is 2.03 bits per heavy atom. The molecular formula is C29H33N2O2+. The van der Waals surface area contributed by atoms with Crippen molar-refractivity contribution in [3.05, 3.63) is 102 Å². The van der Waals surface area contributed by atoms with E-state index in [0.29, 0.717) is 12.5 Å². The summed E-state index contributed by atoms with van der Waals surface area (Å²) in [6.07, 6.45) is 4.20. The zero-order valence-electron chi connectivity index (χ0n) is 19.2. The van der Waals surface area contributed by atoms with Crippen molar-refractivity contribution in [2.75, 3.05) is 24.5 Å². The van der Waals surface area contributed by atoms with Crippen molar-refractivity contribution in [3.63, 3.8) is 0 Å². The fourth-order valence-corrected chi connectivity index (χ4v) is 5.51. The Morgan fingerprint density at radius 2 is 1.39 bits per heavy atom. The monoisotopic (exact) mass is 441 g/mol. The van der Waals surface area contributed by atoms with Gasteiger partial charge >= 0.3 is 6.09 Å². The molecule has 3 aliphatic heterocycles. The minimum absolute atomic E-state index is 0.0595. The van der Waals surface area contributed by atoms with Crippen molar-refractivity contribution >= 4 is 11.8 Å². The molecule has 4 heteroatoms. The number of benzene rings is 3. The Morgan fingerprint density at radius 1 is 0.818 bits per heavy atom. The van der Waals surface area contributed by atoms with Crippen LogP contribution in [0.2, 0.25) is 0 Å². The van der Waals surface area contributed by atoms with E-state index in [9.17, 15) is 4.79 Å². The van der Waals surface area contributed by atoms with Crippen LogP contribution in [0.1, 0.15) is 30.4 Å². The lowest BCUT2D eigenvalue weighted by molar-refractivity contribution is -0.983. The molecular weight excluding hydrogens is 408 g/mol. The van der Waals surface area contributed by atoms with E-state index >= 15 is 0 Å². The molecule has 3 aromatic carbocycles. The van der Waals surface area contributed by atoms with Gasteiger partial charge in [0.25, 0.3) is 0 Å². The summed E-state index contributed by atoms with van der Waals surface area (Å²) in [5.74, 6) is 0.679. The Labute approximate surface area is 197 Å². The lowest BCUT2D eigenvalue weighted by Gasteiger charge is -2.53. The van der Waals surface area contributed by atoms with Crippen molar-refractivity contribution in [1.29, 1.82) is 0 Å². The van der Waals surface area contributed by atoms with Gasteiger partial charge in [0, 0.05) is 31.4 Å². The Hall–Kier alpha value is -3.11. The molecule has 1 atom stereocenters. The first-order chi connectivity index (χ1) is 16.2. The highest BCUT2D eigenvalue weighted by Crippen LogP contribution is 2.39. The molecule has 33 heavy (non-hydrogen) atoms. The molecule has 3 heterocycles. The van der Waals surface area contributed by atoms with Gasteiger partial charge < -0.3 is 4.74 Å². The maximum absolute atomic E-state index is 13.6. The van der Waals surface area contributed by atoms with Crippen LogP contribution < -0.4 is 4.90 Å². The molecule has 3 fully saturated rings. The number of nitrogens with zero attached hydrogens (tertiary/aromatic N) is 2. The maximum atomic E-state index is 13.6. The highest BCUT2D eigenvalue weighted by atomic mass is 16.6. The number of fused-ring (bicyclic) bond motifs is 3. The van der Waals surface area contributed by atoms with E-state index in [-0.39, 0.29) is 12.3 Å². The Kier molecular flexibility index (Phi) is 6.45. The number of hydrogen-bond donors (Lipinski definition) is 0. The normalized spacial score (nSPS) is 23.8. The largest absolute Gasteiger partial charge is 0.419 e. The minimum Gasteiger partial charge on any atom is -0.396 e. The highest BCUT2D eigenvalue weighted by molar-refractivity contribution is 5.87. The summed E-state index contributed by atoms with van der Waals surface area (Å²) in [6, 6.07) is 30.7. The third kappa shape index (κ3) is 4.96. The SMILES string of the molecule is O=C(OC1CC2CC[N+]1(CCc1ccccc1)CC2)N(Cc1ccccc1)c1ccccc1. The number of carbonyl (C=O) groups is 1. The number of ether oxygens (including phenoxy) is 1. The van der Waals surface area contributed by atoms with Gasteiger partial charge in [0.2, 0.25) is 6.23 Å². The predicted octanol–water partition coefficient (Wildman–Crippen LogP) is 6.03. The summed E-state index contributed by atoms with van der Waals surface area (Å²) >= 11 is 0. The Balaban J connectivity index is 1.35. The molecule has 3 aromatic rings. The van der Waals surface area contributed by atoms with Crippen molar-refractivity contribution in [2.45, 2.75) is 38.5 Å². The van der Waals surface area contributed by atoms with Crippen LogP contribution in [-0.2, 0) is 17.7 Å². The van der Waals surface area contributed by atoms with Crippen molar-refractivity contribution in [1.82, 2.24) is 0 Å². The standard InChI is InChI=1S/C29H33N2O2/c32-29(30(27-14-8-3-9-15-27)23-26-12-6-2-7-13-26)33-28-22-25-17-20-31(28,21-18-25)19-16-24-10-4-1-5-11-24/h1-15,25,28H,16-23H2/q+1. The lowest BCUT2D eigenvalue weighted by Crippen LogP contribution is -2.66. The molecule has 0 N–H and O–H groups in total. The second-order valence-electron chi connectivity index (χ2n) is 9.55. The lowest BCUT2D eigenvalue weighted by atomic mass is 9.84. The van der Waals surface area contributed by atoms with Crippen molar-refractivity contribution in [2.24, 2.45) is 5.92 Å². The van der Waals surface area contributed by atoms with E-state index in [1.54, 1.807) is 4.90 Å². The fourth-order valence-electron chi connectivity index (χ4n) is 5.51.